The number of methoxy groups -OCH3 is 1. The smallest absolute Gasteiger partial charge is 0.309 e. The van der Waals surface area contributed by atoms with Crippen LogP contribution in [0.3, 0.4) is 0 Å². The highest BCUT2D eigenvalue weighted by Crippen LogP contribution is 2.45. The van der Waals surface area contributed by atoms with Gasteiger partial charge >= 0.3 is 5.97 Å². The molecule has 3 rings (SSSR count). The molecule has 3 saturated carbocycles. The molecular formula is C10H16O3. The molecule has 0 unspecified atom stereocenters. The molecular weight excluding hydrogens is 168 g/mol. The predicted molar refractivity (Wildman–Crippen MR) is 47.0 cm³/mol. The molecule has 0 amide bonds. The Hall–Kier alpha value is -0.570. The van der Waals surface area contributed by atoms with Crippen molar-refractivity contribution in [1.82, 2.24) is 0 Å². The molecule has 74 valence electrons. The summed E-state index contributed by atoms with van der Waals surface area (Å²) in [6, 6.07) is 0. The highest BCUT2D eigenvalue weighted by molar-refractivity contribution is 5.73. The third kappa shape index (κ3) is 1.46. The minimum atomic E-state index is -0.267. The van der Waals surface area contributed by atoms with E-state index in [0.29, 0.717) is 5.92 Å². The maximum absolute atomic E-state index is 11.4. The molecule has 0 spiro atoms. The molecule has 0 aromatic heterocycles. The van der Waals surface area contributed by atoms with Crippen molar-refractivity contribution in [3.63, 3.8) is 0 Å². The van der Waals surface area contributed by atoms with E-state index in [0.717, 1.165) is 19.3 Å². The van der Waals surface area contributed by atoms with Gasteiger partial charge in [0.15, 0.2) is 0 Å². The van der Waals surface area contributed by atoms with Crippen molar-refractivity contribution in [3.05, 3.63) is 0 Å². The van der Waals surface area contributed by atoms with Crippen LogP contribution in [0.5, 0.6) is 0 Å². The Kier molecular flexibility index (Phi) is 2.28. The summed E-state index contributed by atoms with van der Waals surface area (Å²) in [6.07, 6.45) is 3.71. The van der Waals surface area contributed by atoms with Crippen LogP contribution in [0, 0.1) is 17.8 Å². The molecule has 3 nitrogen and oxygen atoms in total. The number of carbonyl (C=O) groups is 1. The number of carbonyl (C=O) groups excluding carboxylic acids is 1. The average molecular weight is 184 g/mol. The van der Waals surface area contributed by atoms with Crippen molar-refractivity contribution < 1.29 is 14.6 Å². The summed E-state index contributed by atoms with van der Waals surface area (Å²) in [5, 5.41) is 9.71. The van der Waals surface area contributed by atoms with Crippen molar-refractivity contribution in [2.24, 2.45) is 17.8 Å². The zero-order chi connectivity index (χ0) is 9.42. The van der Waals surface area contributed by atoms with Crippen LogP contribution in [0.1, 0.15) is 25.7 Å². The van der Waals surface area contributed by atoms with E-state index in [-0.39, 0.29) is 23.9 Å². The Morgan fingerprint density at radius 1 is 1.38 bits per heavy atom. The van der Waals surface area contributed by atoms with E-state index < -0.39 is 0 Å². The third-order valence-corrected chi connectivity index (χ3v) is 3.59. The lowest BCUT2D eigenvalue weighted by Gasteiger charge is -2.44. The second kappa shape index (κ2) is 3.29. The van der Waals surface area contributed by atoms with Gasteiger partial charge in [0, 0.05) is 0 Å². The van der Waals surface area contributed by atoms with Crippen LogP contribution in [0.15, 0.2) is 0 Å². The average Bonchev–Trinajstić information content (AvgIpc) is 2.17. The number of fused-ring (bicyclic) bond motifs is 3. The van der Waals surface area contributed by atoms with Gasteiger partial charge in [0.2, 0.25) is 0 Å². The van der Waals surface area contributed by atoms with Crippen LogP contribution in [0.4, 0.5) is 0 Å². The number of hydrogen-bond donors (Lipinski definition) is 1. The molecule has 0 aliphatic heterocycles. The second-order valence-corrected chi connectivity index (χ2v) is 4.28. The Morgan fingerprint density at radius 3 is 2.69 bits per heavy atom. The summed E-state index contributed by atoms with van der Waals surface area (Å²) < 4.78 is 4.74. The fourth-order valence-electron chi connectivity index (χ4n) is 2.89. The van der Waals surface area contributed by atoms with Crippen LogP contribution in [0.2, 0.25) is 0 Å². The first-order valence-corrected chi connectivity index (χ1v) is 4.98. The molecule has 13 heavy (non-hydrogen) atoms. The van der Waals surface area contributed by atoms with Gasteiger partial charge in [-0.3, -0.25) is 4.79 Å². The maximum atomic E-state index is 11.4. The lowest BCUT2D eigenvalue weighted by atomic mass is 9.63. The van der Waals surface area contributed by atoms with Gasteiger partial charge in [0.1, 0.15) is 0 Å². The van der Waals surface area contributed by atoms with Gasteiger partial charge in [-0.05, 0) is 37.5 Å². The van der Waals surface area contributed by atoms with Gasteiger partial charge in [-0.2, -0.15) is 0 Å². The maximum Gasteiger partial charge on any atom is 0.309 e. The molecule has 3 aliphatic rings. The van der Waals surface area contributed by atoms with Crippen molar-refractivity contribution in [3.8, 4) is 0 Å². The summed E-state index contributed by atoms with van der Waals surface area (Å²) in [7, 11) is 1.43. The normalized spacial score (nSPS) is 43.2. The molecule has 3 aliphatic carbocycles. The van der Waals surface area contributed by atoms with Crippen molar-refractivity contribution in [2.75, 3.05) is 7.11 Å². The Labute approximate surface area is 78.1 Å². The molecule has 0 heterocycles. The van der Waals surface area contributed by atoms with Crippen LogP contribution in [-0.4, -0.2) is 24.3 Å². The van der Waals surface area contributed by atoms with E-state index in [1.807, 2.05) is 0 Å². The van der Waals surface area contributed by atoms with Gasteiger partial charge in [0.05, 0.1) is 19.1 Å². The van der Waals surface area contributed by atoms with Crippen LogP contribution < -0.4 is 0 Å². The summed E-state index contributed by atoms with van der Waals surface area (Å²) in [6.45, 7) is 0. The first-order chi connectivity index (χ1) is 6.22. The van der Waals surface area contributed by atoms with Gasteiger partial charge in [-0.1, -0.05) is 0 Å². The number of ether oxygens (including phenoxy) is 1. The summed E-state index contributed by atoms with van der Waals surface area (Å²) in [5.41, 5.74) is 0. The zero-order valence-corrected chi connectivity index (χ0v) is 7.90. The summed E-state index contributed by atoms with van der Waals surface area (Å²) >= 11 is 0. The van der Waals surface area contributed by atoms with Crippen molar-refractivity contribution in [1.29, 1.82) is 0 Å². The largest absolute Gasteiger partial charge is 0.469 e. The molecule has 4 atom stereocenters. The van der Waals surface area contributed by atoms with Crippen LogP contribution in [-0.2, 0) is 9.53 Å². The minimum absolute atomic E-state index is 0.0347. The molecule has 2 bridgehead atoms. The Morgan fingerprint density at radius 2 is 2.15 bits per heavy atom. The van der Waals surface area contributed by atoms with Gasteiger partial charge in [0.25, 0.3) is 0 Å². The molecule has 0 radical (unpaired) electrons. The highest BCUT2D eigenvalue weighted by atomic mass is 16.5. The monoisotopic (exact) mass is 184 g/mol. The fourth-order valence-corrected chi connectivity index (χ4v) is 2.89. The zero-order valence-electron chi connectivity index (χ0n) is 7.90. The lowest BCUT2D eigenvalue weighted by molar-refractivity contribution is -0.156. The molecule has 0 aromatic rings. The molecule has 1 N–H and O–H groups in total. The van der Waals surface area contributed by atoms with E-state index in [1.165, 1.54) is 13.5 Å². The van der Waals surface area contributed by atoms with Gasteiger partial charge < -0.3 is 9.84 Å². The fraction of sp³-hybridized carbons (Fsp3) is 0.900. The van der Waals surface area contributed by atoms with E-state index in [9.17, 15) is 9.90 Å². The van der Waals surface area contributed by atoms with Crippen LogP contribution in [0.25, 0.3) is 0 Å². The third-order valence-electron chi connectivity index (χ3n) is 3.59. The van der Waals surface area contributed by atoms with E-state index in [2.05, 4.69) is 0 Å². The first-order valence-electron chi connectivity index (χ1n) is 4.98. The second-order valence-electron chi connectivity index (χ2n) is 4.28. The molecule has 0 saturated heterocycles. The molecule has 3 heteroatoms. The van der Waals surface area contributed by atoms with E-state index in [1.54, 1.807) is 0 Å². The Bertz CT molecular complexity index is 214. The number of rotatable bonds is 1. The van der Waals surface area contributed by atoms with Crippen molar-refractivity contribution in [2.45, 2.75) is 31.8 Å². The lowest BCUT2D eigenvalue weighted by Crippen LogP contribution is -2.44. The summed E-state index contributed by atoms with van der Waals surface area (Å²) in [5.74, 6) is 0.544. The van der Waals surface area contributed by atoms with Gasteiger partial charge in [-0.25, -0.2) is 0 Å². The van der Waals surface area contributed by atoms with Crippen LogP contribution >= 0.6 is 0 Å². The summed E-state index contributed by atoms with van der Waals surface area (Å²) in [4.78, 5) is 11.4. The molecule has 3 fully saturated rings. The van der Waals surface area contributed by atoms with E-state index in [4.69, 9.17) is 4.74 Å². The SMILES string of the molecule is COC(=O)[C@@H]1C[C@H]2CC[C@H]1[C@@H](O)C2. The van der Waals surface area contributed by atoms with E-state index >= 15 is 0 Å². The van der Waals surface area contributed by atoms with Gasteiger partial charge in [-0.15, -0.1) is 0 Å². The standard InChI is InChI=1S/C10H16O3/c1-13-10(12)8-4-6-2-3-7(8)9(11)5-6/h6-9,11H,2-5H2,1H3/t6-,7-,8-,9+/m1/s1. The number of hydrogen-bond acceptors (Lipinski definition) is 3. The number of aliphatic hydroxyl groups excluding tert-OH is 1. The quantitative estimate of drug-likeness (QED) is 0.617. The number of esters is 1. The van der Waals surface area contributed by atoms with Crippen molar-refractivity contribution >= 4 is 5.97 Å². The first kappa shape index (κ1) is 9.00. The number of aliphatic hydroxyl groups is 1. The Balaban J connectivity index is 2.10. The predicted octanol–water partition coefficient (Wildman–Crippen LogP) is 0.956. The minimum Gasteiger partial charge on any atom is -0.469 e. The molecule has 0 aromatic carbocycles. The topological polar surface area (TPSA) is 46.5 Å². The highest BCUT2D eigenvalue weighted by Gasteiger charge is 2.44.